The van der Waals surface area contributed by atoms with Gasteiger partial charge in [-0.3, -0.25) is 5.32 Å². The molecular formula is C9H6ClF3N4. The fourth-order valence-corrected chi connectivity index (χ4v) is 1.22. The van der Waals surface area contributed by atoms with Crippen LogP contribution in [0.1, 0.15) is 5.56 Å². The summed E-state index contributed by atoms with van der Waals surface area (Å²) in [4.78, 5) is 3.44. The van der Waals surface area contributed by atoms with Gasteiger partial charge in [-0.1, -0.05) is 11.6 Å². The van der Waals surface area contributed by atoms with Gasteiger partial charge in [0.2, 0.25) is 5.96 Å². The number of alkyl halides is 3. The summed E-state index contributed by atoms with van der Waals surface area (Å²) in [5.41, 5.74) is 3.75. The molecule has 0 fully saturated rings. The largest absolute Gasteiger partial charge is 0.418 e. The van der Waals surface area contributed by atoms with E-state index in [9.17, 15) is 13.2 Å². The Morgan fingerprint density at radius 2 is 2.12 bits per heavy atom. The van der Waals surface area contributed by atoms with Crippen LogP contribution in [0.25, 0.3) is 0 Å². The summed E-state index contributed by atoms with van der Waals surface area (Å²) in [5.74, 6) is -0.430. The van der Waals surface area contributed by atoms with Crippen LogP contribution in [0.5, 0.6) is 0 Å². The maximum atomic E-state index is 12.6. The van der Waals surface area contributed by atoms with Crippen LogP contribution in [0.3, 0.4) is 0 Å². The van der Waals surface area contributed by atoms with Crippen molar-refractivity contribution in [3.8, 4) is 6.19 Å². The van der Waals surface area contributed by atoms with E-state index in [1.165, 1.54) is 12.3 Å². The topological polar surface area (TPSA) is 74.2 Å². The lowest BCUT2D eigenvalue weighted by atomic mass is 10.2. The summed E-state index contributed by atoms with van der Waals surface area (Å²) in [6.07, 6.45) is -3.16. The predicted molar refractivity (Wildman–Crippen MR) is 56.5 cm³/mol. The Labute approximate surface area is 99.5 Å². The summed E-state index contributed by atoms with van der Waals surface area (Å²) in [5, 5.41) is 10.1. The number of halogens is 4. The van der Waals surface area contributed by atoms with Crippen LogP contribution in [0.15, 0.2) is 23.2 Å². The van der Waals surface area contributed by atoms with E-state index in [2.05, 4.69) is 4.99 Å². The third-order valence-corrected chi connectivity index (χ3v) is 1.92. The quantitative estimate of drug-likeness (QED) is 0.353. The molecule has 0 radical (unpaired) electrons. The first-order chi connectivity index (χ1) is 7.84. The van der Waals surface area contributed by atoms with E-state index in [1.54, 1.807) is 0 Å². The van der Waals surface area contributed by atoms with Gasteiger partial charge in [0.05, 0.1) is 11.3 Å². The SMILES string of the molecule is N#CNC(N)=Nc1ccc(Cl)cc1C(F)(F)F. The number of nitriles is 1. The predicted octanol–water partition coefficient (Wildman–Crippen LogP) is 2.38. The lowest BCUT2D eigenvalue weighted by Crippen LogP contribution is -2.26. The smallest absolute Gasteiger partial charge is 0.369 e. The first-order valence-corrected chi connectivity index (χ1v) is 4.58. The molecule has 0 aliphatic rings. The van der Waals surface area contributed by atoms with E-state index < -0.39 is 23.4 Å². The van der Waals surface area contributed by atoms with Gasteiger partial charge in [0, 0.05) is 5.02 Å². The number of hydrogen-bond donors (Lipinski definition) is 2. The molecule has 0 bridgehead atoms. The molecule has 0 amide bonds. The zero-order valence-electron chi connectivity index (χ0n) is 8.22. The number of nitrogens with one attached hydrogen (secondary N) is 1. The van der Waals surface area contributed by atoms with E-state index >= 15 is 0 Å². The molecule has 0 unspecified atom stereocenters. The standard InChI is InChI=1S/C9H6ClF3N4/c10-5-1-2-7(17-8(15)16-4-14)6(3-5)9(11,12)13/h1-3H,(H3,15,16,17). The molecule has 0 aliphatic carbocycles. The number of aliphatic imine (C=N–C) groups is 1. The fourth-order valence-electron chi connectivity index (χ4n) is 1.05. The molecule has 1 aromatic rings. The second-order valence-electron chi connectivity index (χ2n) is 2.89. The molecule has 0 saturated carbocycles. The van der Waals surface area contributed by atoms with Crippen LogP contribution >= 0.6 is 11.6 Å². The van der Waals surface area contributed by atoms with Crippen LogP contribution in [0.2, 0.25) is 5.02 Å². The molecule has 0 saturated heterocycles. The summed E-state index contributed by atoms with van der Waals surface area (Å²) in [6, 6.07) is 3.05. The molecule has 4 nitrogen and oxygen atoms in total. The average Bonchev–Trinajstić information content (AvgIpc) is 2.19. The molecule has 8 heteroatoms. The monoisotopic (exact) mass is 262 g/mol. The van der Waals surface area contributed by atoms with Crippen molar-refractivity contribution < 1.29 is 13.2 Å². The second-order valence-corrected chi connectivity index (χ2v) is 3.33. The van der Waals surface area contributed by atoms with Crippen LogP contribution in [-0.4, -0.2) is 5.96 Å². The van der Waals surface area contributed by atoms with Gasteiger partial charge >= 0.3 is 6.18 Å². The van der Waals surface area contributed by atoms with Gasteiger partial charge in [-0.05, 0) is 18.2 Å². The van der Waals surface area contributed by atoms with Crippen molar-refractivity contribution in [3.63, 3.8) is 0 Å². The zero-order chi connectivity index (χ0) is 13.1. The number of nitrogens with zero attached hydrogens (tertiary/aromatic N) is 2. The highest BCUT2D eigenvalue weighted by Crippen LogP contribution is 2.37. The first kappa shape index (κ1) is 13.1. The Bertz CT molecular complexity index is 490. The second kappa shape index (κ2) is 4.93. The van der Waals surface area contributed by atoms with Gasteiger partial charge in [0.15, 0.2) is 6.19 Å². The molecule has 1 aromatic carbocycles. The van der Waals surface area contributed by atoms with Gasteiger partial charge in [-0.15, -0.1) is 0 Å². The molecule has 0 spiro atoms. The average molecular weight is 263 g/mol. The van der Waals surface area contributed by atoms with Crippen molar-refractivity contribution in [1.82, 2.24) is 5.32 Å². The number of rotatable bonds is 1. The van der Waals surface area contributed by atoms with Gasteiger partial charge < -0.3 is 5.73 Å². The molecule has 3 N–H and O–H groups in total. The number of nitrogens with two attached hydrogens (primary N) is 1. The minimum Gasteiger partial charge on any atom is -0.369 e. The molecule has 0 aliphatic heterocycles. The zero-order valence-corrected chi connectivity index (χ0v) is 8.97. The van der Waals surface area contributed by atoms with Crippen molar-refractivity contribution >= 4 is 23.2 Å². The lowest BCUT2D eigenvalue weighted by Gasteiger charge is -2.10. The minimum absolute atomic E-state index is 0.0666. The van der Waals surface area contributed by atoms with Crippen molar-refractivity contribution in [2.45, 2.75) is 6.18 Å². The molecule has 90 valence electrons. The first-order valence-electron chi connectivity index (χ1n) is 4.20. The molecule has 0 aromatic heterocycles. The Morgan fingerprint density at radius 1 is 1.47 bits per heavy atom. The van der Waals surface area contributed by atoms with E-state index in [-0.39, 0.29) is 5.02 Å². The normalized spacial score (nSPS) is 12.1. The summed E-state index contributed by atoms with van der Waals surface area (Å²) in [6.45, 7) is 0. The van der Waals surface area contributed by atoms with Gasteiger partial charge in [-0.25, -0.2) is 4.99 Å². The van der Waals surface area contributed by atoms with Gasteiger partial charge in [-0.2, -0.15) is 18.4 Å². The molecule has 1 rings (SSSR count). The van der Waals surface area contributed by atoms with E-state index in [0.29, 0.717) is 0 Å². The fraction of sp³-hybridized carbons (Fsp3) is 0.111. The van der Waals surface area contributed by atoms with Crippen LogP contribution in [0, 0.1) is 11.5 Å². The van der Waals surface area contributed by atoms with Crippen molar-refractivity contribution in [2.75, 3.05) is 0 Å². The highest BCUT2D eigenvalue weighted by molar-refractivity contribution is 6.30. The van der Waals surface area contributed by atoms with Crippen LogP contribution in [-0.2, 0) is 6.18 Å². The van der Waals surface area contributed by atoms with Gasteiger partial charge in [0.25, 0.3) is 0 Å². The van der Waals surface area contributed by atoms with Crippen LogP contribution in [0.4, 0.5) is 18.9 Å². The maximum Gasteiger partial charge on any atom is 0.418 e. The highest BCUT2D eigenvalue weighted by atomic mass is 35.5. The number of guanidine groups is 1. The van der Waals surface area contributed by atoms with Gasteiger partial charge in [0.1, 0.15) is 0 Å². The number of hydrogen-bond acceptors (Lipinski definition) is 2. The van der Waals surface area contributed by atoms with E-state index in [0.717, 1.165) is 12.1 Å². The third-order valence-electron chi connectivity index (χ3n) is 1.69. The highest BCUT2D eigenvalue weighted by Gasteiger charge is 2.33. The Morgan fingerprint density at radius 3 is 2.65 bits per heavy atom. The Balaban J connectivity index is 3.26. The summed E-state index contributed by atoms with van der Waals surface area (Å²) in [7, 11) is 0. The molecular weight excluding hydrogens is 257 g/mol. The molecule has 17 heavy (non-hydrogen) atoms. The Hall–Kier alpha value is -1.94. The minimum atomic E-state index is -4.60. The lowest BCUT2D eigenvalue weighted by molar-refractivity contribution is -0.137. The summed E-state index contributed by atoms with van der Waals surface area (Å²) < 4.78 is 37.8. The van der Waals surface area contributed by atoms with Crippen molar-refractivity contribution in [3.05, 3.63) is 28.8 Å². The number of benzene rings is 1. The Kier molecular flexibility index (Phi) is 3.81. The van der Waals surface area contributed by atoms with E-state index in [4.69, 9.17) is 22.6 Å². The van der Waals surface area contributed by atoms with Crippen molar-refractivity contribution in [2.24, 2.45) is 10.7 Å². The summed E-state index contributed by atoms with van der Waals surface area (Å²) >= 11 is 5.47. The third kappa shape index (κ3) is 3.53. The molecule has 0 heterocycles. The van der Waals surface area contributed by atoms with E-state index in [1.807, 2.05) is 5.32 Å². The van der Waals surface area contributed by atoms with Crippen molar-refractivity contribution in [1.29, 1.82) is 5.26 Å². The molecule has 0 atom stereocenters. The van der Waals surface area contributed by atoms with Crippen LogP contribution < -0.4 is 11.1 Å². The maximum absolute atomic E-state index is 12.6.